The van der Waals surface area contributed by atoms with Crippen molar-refractivity contribution in [1.29, 1.82) is 0 Å². The Hall–Kier alpha value is -0.870. The van der Waals surface area contributed by atoms with Gasteiger partial charge in [0.2, 0.25) is 5.91 Å². The molecule has 0 unspecified atom stereocenters. The molecule has 1 aliphatic rings. The van der Waals surface area contributed by atoms with Gasteiger partial charge in [0, 0.05) is 38.8 Å². The average Bonchev–Trinajstić information content (AvgIpc) is 2.47. The Morgan fingerprint density at radius 3 is 2.65 bits per heavy atom. The van der Waals surface area contributed by atoms with Crippen LogP contribution in [-0.4, -0.2) is 61.1 Å². The Kier molecular flexibility index (Phi) is 6.69. The lowest BCUT2D eigenvalue weighted by atomic mass is 9.85. The molecule has 0 aromatic heterocycles. The van der Waals surface area contributed by atoms with Crippen LogP contribution in [0, 0.1) is 5.41 Å². The van der Waals surface area contributed by atoms with Crippen molar-refractivity contribution in [2.45, 2.75) is 40.2 Å². The monoisotopic (exact) mass is 282 g/mol. The average molecular weight is 282 g/mol. The van der Waals surface area contributed by atoms with Crippen LogP contribution in [0.15, 0.2) is 12.7 Å². The highest BCUT2D eigenvalue weighted by molar-refractivity contribution is 5.84. The lowest BCUT2D eigenvalue weighted by Gasteiger charge is -2.42. The van der Waals surface area contributed by atoms with Crippen LogP contribution in [0.2, 0.25) is 0 Å². The molecular formula is C16H30N2O2. The van der Waals surface area contributed by atoms with Crippen molar-refractivity contribution in [2.75, 3.05) is 39.4 Å². The van der Waals surface area contributed by atoms with E-state index in [2.05, 4.69) is 18.4 Å². The lowest BCUT2D eigenvalue weighted by Crippen LogP contribution is -2.56. The molecule has 1 amide bonds. The van der Waals surface area contributed by atoms with Crippen molar-refractivity contribution in [3.05, 3.63) is 12.7 Å². The van der Waals surface area contributed by atoms with Gasteiger partial charge in [0.15, 0.2) is 0 Å². The molecular weight excluding hydrogens is 252 g/mol. The van der Waals surface area contributed by atoms with Crippen LogP contribution in [0.4, 0.5) is 0 Å². The molecule has 0 aromatic carbocycles. The number of carbonyl (C=O) groups is 1. The number of carbonyl (C=O) groups excluding carboxylic acids is 1. The van der Waals surface area contributed by atoms with E-state index in [9.17, 15) is 4.79 Å². The van der Waals surface area contributed by atoms with Crippen molar-refractivity contribution < 1.29 is 9.53 Å². The minimum atomic E-state index is -0.423. The van der Waals surface area contributed by atoms with Gasteiger partial charge in [-0.25, -0.2) is 0 Å². The van der Waals surface area contributed by atoms with Gasteiger partial charge in [-0.15, -0.1) is 6.58 Å². The molecule has 1 saturated heterocycles. The number of nitrogens with zero attached hydrogens (tertiary/aromatic N) is 2. The van der Waals surface area contributed by atoms with E-state index in [-0.39, 0.29) is 5.91 Å². The summed E-state index contributed by atoms with van der Waals surface area (Å²) in [7, 11) is 0. The van der Waals surface area contributed by atoms with Crippen molar-refractivity contribution in [1.82, 2.24) is 9.80 Å². The summed E-state index contributed by atoms with van der Waals surface area (Å²) in [6.45, 7) is 17.1. The fourth-order valence-electron chi connectivity index (χ4n) is 2.58. The Labute approximate surface area is 123 Å². The molecule has 1 aliphatic heterocycles. The highest BCUT2D eigenvalue weighted by Crippen LogP contribution is 2.26. The van der Waals surface area contributed by atoms with E-state index < -0.39 is 5.41 Å². The number of hydrogen-bond acceptors (Lipinski definition) is 3. The van der Waals surface area contributed by atoms with E-state index in [4.69, 9.17) is 4.74 Å². The van der Waals surface area contributed by atoms with Gasteiger partial charge in [0.25, 0.3) is 0 Å². The lowest BCUT2D eigenvalue weighted by molar-refractivity contribution is -0.142. The molecule has 0 aliphatic carbocycles. The van der Waals surface area contributed by atoms with E-state index in [0.717, 1.165) is 45.8 Å². The second-order valence-corrected chi connectivity index (χ2v) is 5.81. The van der Waals surface area contributed by atoms with Crippen molar-refractivity contribution in [2.24, 2.45) is 5.41 Å². The molecule has 0 aromatic rings. The van der Waals surface area contributed by atoms with Crippen LogP contribution in [0.5, 0.6) is 0 Å². The number of amides is 1. The van der Waals surface area contributed by atoms with Crippen LogP contribution in [0.3, 0.4) is 0 Å². The predicted octanol–water partition coefficient (Wildman–Crippen LogP) is 2.16. The van der Waals surface area contributed by atoms with Gasteiger partial charge < -0.3 is 9.64 Å². The topological polar surface area (TPSA) is 32.8 Å². The minimum Gasteiger partial charge on any atom is -0.380 e. The van der Waals surface area contributed by atoms with Crippen LogP contribution < -0.4 is 0 Å². The molecule has 0 radical (unpaired) electrons. The van der Waals surface area contributed by atoms with Crippen LogP contribution in [0.25, 0.3) is 0 Å². The number of hydrogen-bond donors (Lipinski definition) is 0. The molecule has 0 saturated carbocycles. The molecule has 1 heterocycles. The third kappa shape index (κ3) is 4.06. The predicted molar refractivity (Wildman–Crippen MR) is 82.7 cm³/mol. The Morgan fingerprint density at radius 2 is 2.15 bits per heavy atom. The maximum Gasteiger partial charge on any atom is 0.232 e. The van der Waals surface area contributed by atoms with Gasteiger partial charge in [0.1, 0.15) is 0 Å². The molecule has 0 spiro atoms. The van der Waals surface area contributed by atoms with E-state index >= 15 is 0 Å². The first-order valence-electron chi connectivity index (χ1n) is 7.73. The first kappa shape index (κ1) is 17.2. The number of rotatable bonds is 7. The van der Waals surface area contributed by atoms with Gasteiger partial charge in [-0.2, -0.15) is 0 Å². The minimum absolute atomic E-state index is 0.214. The third-order valence-corrected chi connectivity index (χ3v) is 4.45. The zero-order valence-corrected chi connectivity index (χ0v) is 13.5. The van der Waals surface area contributed by atoms with E-state index in [0.29, 0.717) is 6.04 Å². The zero-order chi connectivity index (χ0) is 15.2. The first-order chi connectivity index (χ1) is 9.48. The molecule has 0 bridgehead atoms. The quantitative estimate of drug-likeness (QED) is 0.530. The van der Waals surface area contributed by atoms with E-state index in [1.165, 1.54) is 0 Å². The second kappa shape index (κ2) is 7.79. The maximum absolute atomic E-state index is 12.6. The van der Waals surface area contributed by atoms with Gasteiger partial charge in [-0.05, 0) is 27.2 Å². The van der Waals surface area contributed by atoms with Crippen molar-refractivity contribution in [3.63, 3.8) is 0 Å². The summed E-state index contributed by atoms with van der Waals surface area (Å²) in [4.78, 5) is 17.0. The van der Waals surface area contributed by atoms with Crippen molar-refractivity contribution in [3.8, 4) is 0 Å². The summed E-state index contributed by atoms with van der Waals surface area (Å²) in [5.74, 6) is 0.214. The number of piperazine rings is 1. The standard InChI is InChI=1S/C16H30N2O2/c1-6-16(5,7-2)15(19)18-10-9-17(14(4)13-18)11-12-20-8-3/h6,14H,1,7-13H2,2-5H3/t14-,16+/m0/s1. The Balaban J connectivity index is 2.54. The second-order valence-electron chi connectivity index (χ2n) is 5.81. The normalized spacial score (nSPS) is 23.4. The molecule has 2 atom stereocenters. The summed E-state index contributed by atoms with van der Waals surface area (Å²) in [5, 5.41) is 0. The fourth-order valence-corrected chi connectivity index (χ4v) is 2.58. The van der Waals surface area contributed by atoms with Gasteiger partial charge >= 0.3 is 0 Å². The Bertz CT molecular complexity index is 332. The van der Waals surface area contributed by atoms with Gasteiger partial charge in [-0.1, -0.05) is 13.0 Å². The van der Waals surface area contributed by atoms with Gasteiger partial charge in [-0.3, -0.25) is 9.69 Å². The van der Waals surface area contributed by atoms with Crippen LogP contribution >= 0.6 is 0 Å². The highest BCUT2D eigenvalue weighted by atomic mass is 16.5. The molecule has 4 nitrogen and oxygen atoms in total. The molecule has 1 fully saturated rings. The van der Waals surface area contributed by atoms with Crippen LogP contribution in [0.1, 0.15) is 34.1 Å². The summed E-state index contributed by atoms with van der Waals surface area (Å²) in [6, 6.07) is 0.388. The molecule has 4 heteroatoms. The summed E-state index contributed by atoms with van der Waals surface area (Å²) < 4.78 is 5.41. The molecule has 0 N–H and O–H groups in total. The summed E-state index contributed by atoms with van der Waals surface area (Å²) in [5.41, 5.74) is -0.423. The van der Waals surface area contributed by atoms with Crippen molar-refractivity contribution >= 4 is 5.91 Å². The summed E-state index contributed by atoms with van der Waals surface area (Å²) in [6.07, 6.45) is 2.59. The number of ether oxygens (including phenoxy) is 1. The SMILES string of the molecule is C=C[C@](C)(CC)C(=O)N1CCN(CCOCC)[C@@H](C)C1. The van der Waals surface area contributed by atoms with Gasteiger partial charge in [0.05, 0.1) is 12.0 Å². The van der Waals surface area contributed by atoms with E-state index in [1.807, 2.05) is 25.7 Å². The zero-order valence-electron chi connectivity index (χ0n) is 13.5. The Morgan fingerprint density at radius 1 is 1.45 bits per heavy atom. The third-order valence-electron chi connectivity index (χ3n) is 4.45. The first-order valence-corrected chi connectivity index (χ1v) is 7.73. The molecule has 1 rings (SSSR count). The molecule has 20 heavy (non-hydrogen) atoms. The van der Waals surface area contributed by atoms with E-state index in [1.54, 1.807) is 6.08 Å². The maximum atomic E-state index is 12.6. The fraction of sp³-hybridized carbons (Fsp3) is 0.812. The smallest absolute Gasteiger partial charge is 0.232 e. The molecule has 116 valence electrons. The highest BCUT2D eigenvalue weighted by Gasteiger charge is 2.35. The van der Waals surface area contributed by atoms with Crippen LogP contribution in [-0.2, 0) is 9.53 Å². The largest absolute Gasteiger partial charge is 0.380 e. The summed E-state index contributed by atoms with van der Waals surface area (Å²) >= 11 is 0.